The van der Waals surface area contributed by atoms with Gasteiger partial charge in [0.1, 0.15) is 24.0 Å². The SMILES string of the molecule is COc1cc(OC)c(OC)cc1/C=C1\Oc2c(ccc3c2CN(CCN2CCOCC2)CO3)C1=O. The normalized spacial score (nSPS) is 19.1. The van der Waals surface area contributed by atoms with Crippen LogP contribution in [0, 0.1) is 0 Å². The van der Waals surface area contributed by atoms with Crippen molar-refractivity contribution in [2.24, 2.45) is 0 Å². The molecule has 0 N–H and O–H groups in total. The monoisotopic (exact) mass is 482 g/mol. The second-order valence-electron chi connectivity index (χ2n) is 8.59. The van der Waals surface area contributed by atoms with Crippen molar-refractivity contribution in [3.8, 4) is 28.7 Å². The lowest BCUT2D eigenvalue weighted by atomic mass is 10.0. The van der Waals surface area contributed by atoms with Crippen LogP contribution in [0.4, 0.5) is 0 Å². The Kier molecular flexibility index (Phi) is 6.81. The van der Waals surface area contributed by atoms with Gasteiger partial charge in [-0.05, 0) is 24.3 Å². The van der Waals surface area contributed by atoms with Gasteiger partial charge in [0, 0.05) is 44.4 Å². The molecule has 9 nitrogen and oxygen atoms in total. The lowest BCUT2D eigenvalue weighted by molar-refractivity contribution is 0.0239. The molecule has 0 aliphatic carbocycles. The Labute approximate surface area is 204 Å². The fourth-order valence-corrected chi connectivity index (χ4v) is 4.56. The van der Waals surface area contributed by atoms with Gasteiger partial charge in [0.25, 0.3) is 0 Å². The summed E-state index contributed by atoms with van der Waals surface area (Å²) in [5.41, 5.74) is 2.08. The molecule has 2 aromatic carbocycles. The molecule has 0 unspecified atom stereocenters. The fraction of sp³-hybridized carbons (Fsp3) is 0.423. The zero-order valence-corrected chi connectivity index (χ0v) is 20.3. The van der Waals surface area contributed by atoms with Crippen molar-refractivity contribution in [1.82, 2.24) is 9.80 Å². The van der Waals surface area contributed by atoms with Crippen LogP contribution in [0.15, 0.2) is 30.0 Å². The number of hydrogen-bond acceptors (Lipinski definition) is 9. The van der Waals surface area contributed by atoms with Gasteiger partial charge < -0.3 is 28.4 Å². The number of ketones is 1. The van der Waals surface area contributed by atoms with Crippen LogP contribution in [-0.4, -0.2) is 83.0 Å². The lowest BCUT2D eigenvalue weighted by Crippen LogP contribution is -2.43. The average molecular weight is 483 g/mol. The van der Waals surface area contributed by atoms with Gasteiger partial charge >= 0.3 is 0 Å². The van der Waals surface area contributed by atoms with Gasteiger partial charge in [-0.25, -0.2) is 0 Å². The molecule has 0 bridgehead atoms. The largest absolute Gasteiger partial charge is 0.496 e. The maximum absolute atomic E-state index is 13.2. The van der Waals surface area contributed by atoms with Gasteiger partial charge in [-0.3, -0.25) is 14.6 Å². The summed E-state index contributed by atoms with van der Waals surface area (Å²) in [4.78, 5) is 17.8. The third-order valence-corrected chi connectivity index (χ3v) is 6.54. The number of Topliss-reactive ketones (excluding diaryl/α,β-unsaturated/α-hetero) is 1. The van der Waals surface area contributed by atoms with Crippen molar-refractivity contribution in [2.45, 2.75) is 6.54 Å². The molecule has 3 aliphatic rings. The molecule has 35 heavy (non-hydrogen) atoms. The summed E-state index contributed by atoms with van der Waals surface area (Å²) in [6.07, 6.45) is 1.68. The number of fused-ring (bicyclic) bond motifs is 3. The first-order valence-electron chi connectivity index (χ1n) is 11.7. The molecule has 0 radical (unpaired) electrons. The van der Waals surface area contributed by atoms with E-state index in [1.54, 1.807) is 45.6 Å². The van der Waals surface area contributed by atoms with Crippen LogP contribution in [0.1, 0.15) is 21.5 Å². The molecule has 1 fully saturated rings. The number of nitrogens with zero attached hydrogens (tertiary/aromatic N) is 2. The highest BCUT2D eigenvalue weighted by atomic mass is 16.5. The second kappa shape index (κ2) is 10.2. The summed E-state index contributed by atoms with van der Waals surface area (Å²) in [6.45, 7) is 6.44. The first-order chi connectivity index (χ1) is 17.1. The van der Waals surface area contributed by atoms with E-state index in [9.17, 15) is 4.79 Å². The quantitative estimate of drug-likeness (QED) is 0.554. The highest BCUT2D eigenvalue weighted by molar-refractivity contribution is 6.15. The van der Waals surface area contributed by atoms with E-state index in [2.05, 4.69) is 9.80 Å². The summed E-state index contributed by atoms with van der Waals surface area (Å²) in [6, 6.07) is 7.11. The first-order valence-corrected chi connectivity index (χ1v) is 11.7. The highest BCUT2D eigenvalue weighted by Gasteiger charge is 2.34. The van der Waals surface area contributed by atoms with Crippen molar-refractivity contribution >= 4 is 11.9 Å². The topological polar surface area (TPSA) is 78.9 Å². The molecule has 2 aromatic rings. The summed E-state index contributed by atoms with van der Waals surface area (Å²) in [5, 5.41) is 0. The number of methoxy groups -OCH3 is 3. The molecular weight excluding hydrogens is 452 g/mol. The number of carbonyl (C=O) groups is 1. The van der Waals surface area contributed by atoms with E-state index in [0.717, 1.165) is 50.7 Å². The van der Waals surface area contributed by atoms with Crippen LogP contribution in [0.3, 0.4) is 0 Å². The Morgan fingerprint density at radius 1 is 0.943 bits per heavy atom. The zero-order chi connectivity index (χ0) is 24.4. The molecule has 0 amide bonds. The maximum Gasteiger partial charge on any atom is 0.231 e. The molecule has 0 spiro atoms. The van der Waals surface area contributed by atoms with Crippen molar-refractivity contribution < 1.29 is 33.2 Å². The van der Waals surface area contributed by atoms with E-state index < -0.39 is 0 Å². The number of ether oxygens (including phenoxy) is 6. The molecule has 0 saturated carbocycles. The van der Waals surface area contributed by atoms with Crippen molar-refractivity contribution in [3.05, 3.63) is 46.7 Å². The predicted molar refractivity (Wildman–Crippen MR) is 129 cm³/mol. The van der Waals surface area contributed by atoms with Gasteiger partial charge in [-0.15, -0.1) is 0 Å². The number of rotatable bonds is 7. The van der Waals surface area contributed by atoms with Crippen LogP contribution in [0.2, 0.25) is 0 Å². The molecule has 0 atom stereocenters. The first kappa shape index (κ1) is 23.5. The number of benzene rings is 2. The van der Waals surface area contributed by atoms with Crippen LogP contribution < -0.4 is 23.7 Å². The maximum atomic E-state index is 13.2. The van der Waals surface area contributed by atoms with Crippen molar-refractivity contribution in [3.63, 3.8) is 0 Å². The second-order valence-corrected chi connectivity index (χ2v) is 8.59. The summed E-state index contributed by atoms with van der Waals surface area (Å²) >= 11 is 0. The molecule has 3 heterocycles. The van der Waals surface area contributed by atoms with E-state index in [0.29, 0.717) is 47.4 Å². The minimum atomic E-state index is -0.176. The molecule has 9 heteroatoms. The van der Waals surface area contributed by atoms with Crippen LogP contribution in [0.5, 0.6) is 28.7 Å². The van der Waals surface area contributed by atoms with E-state index >= 15 is 0 Å². The fourth-order valence-electron chi connectivity index (χ4n) is 4.56. The van der Waals surface area contributed by atoms with Gasteiger partial charge in [0.15, 0.2) is 17.3 Å². The summed E-state index contributed by atoms with van der Waals surface area (Å²) in [5.74, 6) is 2.98. The predicted octanol–water partition coefficient (Wildman–Crippen LogP) is 2.81. The van der Waals surface area contributed by atoms with E-state index in [1.807, 2.05) is 6.07 Å². The van der Waals surface area contributed by atoms with E-state index in [-0.39, 0.29) is 11.5 Å². The van der Waals surface area contributed by atoms with Gasteiger partial charge in [0.05, 0.1) is 45.7 Å². The Balaban J connectivity index is 1.38. The molecule has 1 saturated heterocycles. The van der Waals surface area contributed by atoms with Crippen LogP contribution >= 0.6 is 0 Å². The summed E-state index contributed by atoms with van der Waals surface area (Å²) < 4.78 is 33.9. The Morgan fingerprint density at radius 3 is 2.40 bits per heavy atom. The van der Waals surface area contributed by atoms with Crippen LogP contribution in [0.25, 0.3) is 6.08 Å². The minimum Gasteiger partial charge on any atom is -0.496 e. The summed E-state index contributed by atoms with van der Waals surface area (Å²) in [7, 11) is 4.69. The Morgan fingerprint density at radius 2 is 1.66 bits per heavy atom. The highest BCUT2D eigenvalue weighted by Crippen LogP contribution is 2.43. The molecule has 5 rings (SSSR count). The zero-order valence-electron chi connectivity index (χ0n) is 20.3. The number of morpholine rings is 1. The van der Waals surface area contributed by atoms with E-state index in [1.165, 1.54) is 0 Å². The number of allylic oxidation sites excluding steroid dienone is 1. The van der Waals surface area contributed by atoms with E-state index in [4.69, 9.17) is 28.4 Å². The average Bonchev–Trinajstić information content (AvgIpc) is 3.23. The third-order valence-electron chi connectivity index (χ3n) is 6.54. The van der Waals surface area contributed by atoms with Crippen molar-refractivity contribution in [2.75, 3.05) is 67.5 Å². The number of hydrogen-bond donors (Lipinski definition) is 0. The van der Waals surface area contributed by atoms with Crippen molar-refractivity contribution in [1.29, 1.82) is 0 Å². The lowest BCUT2D eigenvalue weighted by Gasteiger charge is -2.33. The molecule has 0 aromatic heterocycles. The smallest absolute Gasteiger partial charge is 0.231 e. The minimum absolute atomic E-state index is 0.176. The Bertz CT molecular complexity index is 1140. The molecular formula is C26H30N2O7. The van der Waals surface area contributed by atoms with Crippen LogP contribution in [-0.2, 0) is 11.3 Å². The Hall–Kier alpha value is -3.27. The third kappa shape index (κ3) is 4.67. The van der Waals surface area contributed by atoms with Gasteiger partial charge in [-0.1, -0.05) is 0 Å². The molecule has 3 aliphatic heterocycles. The standard InChI is InChI=1S/C26H30N2O7/c1-30-21-14-23(32-3)22(31-2)12-17(21)13-24-25(29)18-4-5-20-19(26(18)35-24)15-28(16-34-20)7-6-27-8-10-33-11-9-27/h4-5,12-14H,6-11,15-16H2,1-3H3/b24-13-. The number of carbonyl (C=O) groups excluding carboxylic acids is 1. The molecule has 186 valence electrons. The van der Waals surface area contributed by atoms with Gasteiger partial charge in [-0.2, -0.15) is 0 Å². The van der Waals surface area contributed by atoms with Gasteiger partial charge in [0.2, 0.25) is 5.78 Å².